The Hall–Kier alpha value is -1.34. The van der Waals surface area contributed by atoms with Gasteiger partial charge in [-0.2, -0.15) is 0 Å². The molecule has 26 heavy (non-hydrogen) atoms. The fraction of sp³-hybridized carbons (Fsp3) is 0.895. The second-order valence-corrected chi connectivity index (χ2v) is 7.60. The van der Waals surface area contributed by atoms with E-state index < -0.39 is 0 Å². The van der Waals surface area contributed by atoms with E-state index in [1.54, 1.807) is 0 Å². The van der Waals surface area contributed by atoms with E-state index in [1.807, 2.05) is 0 Å². The van der Waals surface area contributed by atoms with Crippen molar-refractivity contribution in [3.8, 4) is 0 Å². The van der Waals surface area contributed by atoms with E-state index in [-0.39, 0.29) is 11.9 Å². The molecule has 0 aromatic carbocycles. The maximum Gasteiger partial charge on any atom is 0.310 e. The molecule has 7 heteroatoms. The number of hydrogen-bond acceptors (Lipinski definition) is 5. The molecule has 0 spiro atoms. The Labute approximate surface area is 158 Å². The number of likely N-dealkylation sites (N-methyl/N-ethyl adjacent to an activating group) is 1. The van der Waals surface area contributed by atoms with Gasteiger partial charge in [0.05, 0.1) is 13.0 Å². The molecule has 0 aromatic heterocycles. The fourth-order valence-electron chi connectivity index (χ4n) is 3.83. The van der Waals surface area contributed by atoms with Gasteiger partial charge in [0.1, 0.15) is 0 Å². The minimum absolute atomic E-state index is 0.0575. The maximum atomic E-state index is 11.9. The quantitative estimate of drug-likeness (QED) is 0.323. The van der Waals surface area contributed by atoms with Gasteiger partial charge in [-0.05, 0) is 52.4 Å². The highest BCUT2D eigenvalue weighted by Crippen LogP contribution is 2.24. The molecule has 2 unspecified atom stereocenters. The molecular formula is C19H37N5O2. The summed E-state index contributed by atoms with van der Waals surface area (Å²) in [5, 5.41) is 3.38. The summed E-state index contributed by atoms with van der Waals surface area (Å²) >= 11 is 0. The van der Waals surface area contributed by atoms with Gasteiger partial charge in [-0.3, -0.25) is 9.79 Å². The number of ether oxygens (including phenoxy) is 1. The SMILES string of the molecule is CCNC(=NCCCN1CCCN(C)CC1)N1CC(C)C(C(=O)OC)C1. The molecule has 0 amide bonds. The Balaban J connectivity index is 1.82. The van der Waals surface area contributed by atoms with Gasteiger partial charge in [0, 0.05) is 39.3 Å². The molecule has 0 saturated carbocycles. The van der Waals surface area contributed by atoms with Crippen LogP contribution in [0.3, 0.4) is 0 Å². The third-order valence-electron chi connectivity index (χ3n) is 5.46. The highest BCUT2D eigenvalue weighted by Gasteiger charge is 2.36. The van der Waals surface area contributed by atoms with Crippen LogP contribution in [0.1, 0.15) is 26.7 Å². The first-order valence-electron chi connectivity index (χ1n) is 10.1. The van der Waals surface area contributed by atoms with Crippen LogP contribution in [0.5, 0.6) is 0 Å². The molecule has 1 N–H and O–H groups in total. The van der Waals surface area contributed by atoms with Crippen LogP contribution in [0.15, 0.2) is 4.99 Å². The predicted octanol–water partition coefficient (Wildman–Crippen LogP) is 0.720. The molecule has 2 saturated heterocycles. The topological polar surface area (TPSA) is 60.4 Å². The summed E-state index contributed by atoms with van der Waals surface area (Å²) in [7, 11) is 3.67. The van der Waals surface area contributed by atoms with Crippen molar-refractivity contribution in [2.45, 2.75) is 26.7 Å². The monoisotopic (exact) mass is 367 g/mol. The van der Waals surface area contributed by atoms with Gasteiger partial charge in [-0.25, -0.2) is 0 Å². The third-order valence-corrected chi connectivity index (χ3v) is 5.46. The average molecular weight is 368 g/mol. The summed E-state index contributed by atoms with van der Waals surface area (Å²) in [6.45, 7) is 13.2. The van der Waals surface area contributed by atoms with Crippen molar-refractivity contribution in [1.29, 1.82) is 0 Å². The minimum atomic E-state index is -0.109. The fourth-order valence-corrected chi connectivity index (χ4v) is 3.83. The number of methoxy groups -OCH3 is 1. The number of carbonyl (C=O) groups excluding carboxylic acids is 1. The van der Waals surface area contributed by atoms with Crippen LogP contribution in [-0.4, -0.2) is 99.7 Å². The van der Waals surface area contributed by atoms with Crippen LogP contribution >= 0.6 is 0 Å². The molecule has 0 bridgehead atoms. The summed E-state index contributed by atoms with van der Waals surface area (Å²) < 4.78 is 4.94. The first kappa shape index (κ1) is 21.0. The Kier molecular flexibility index (Phi) is 8.65. The van der Waals surface area contributed by atoms with Crippen molar-refractivity contribution >= 4 is 11.9 Å². The summed E-state index contributed by atoms with van der Waals surface area (Å²) in [4.78, 5) is 23.9. The van der Waals surface area contributed by atoms with E-state index in [9.17, 15) is 4.79 Å². The van der Waals surface area contributed by atoms with E-state index >= 15 is 0 Å². The Bertz CT molecular complexity index is 471. The lowest BCUT2D eigenvalue weighted by atomic mass is 9.99. The van der Waals surface area contributed by atoms with E-state index in [0.717, 1.165) is 51.6 Å². The third kappa shape index (κ3) is 6.13. The van der Waals surface area contributed by atoms with Crippen LogP contribution in [0.25, 0.3) is 0 Å². The van der Waals surface area contributed by atoms with E-state index in [4.69, 9.17) is 9.73 Å². The molecule has 150 valence electrons. The number of guanidine groups is 1. The van der Waals surface area contributed by atoms with Crippen LogP contribution < -0.4 is 5.32 Å². The molecular weight excluding hydrogens is 330 g/mol. The largest absolute Gasteiger partial charge is 0.469 e. The molecule has 7 nitrogen and oxygen atoms in total. The Morgan fingerprint density at radius 2 is 2.04 bits per heavy atom. The molecule has 2 heterocycles. The molecule has 2 rings (SSSR count). The summed E-state index contributed by atoms with van der Waals surface area (Å²) in [5.41, 5.74) is 0. The first-order valence-corrected chi connectivity index (χ1v) is 10.1. The van der Waals surface area contributed by atoms with Gasteiger partial charge < -0.3 is 24.8 Å². The van der Waals surface area contributed by atoms with Crippen molar-refractivity contribution in [1.82, 2.24) is 20.0 Å². The smallest absolute Gasteiger partial charge is 0.310 e. The van der Waals surface area contributed by atoms with Crippen molar-refractivity contribution in [2.75, 3.05) is 73.1 Å². The van der Waals surface area contributed by atoms with Crippen LogP contribution in [0, 0.1) is 11.8 Å². The molecule has 0 aromatic rings. The van der Waals surface area contributed by atoms with Gasteiger partial charge in [0.15, 0.2) is 5.96 Å². The maximum absolute atomic E-state index is 11.9. The lowest BCUT2D eigenvalue weighted by molar-refractivity contribution is -0.145. The second kappa shape index (κ2) is 10.7. The summed E-state index contributed by atoms with van der Waals surface area (Å²) in [6.07, 6.45) is 2.32. The highest BCUT2D eigenvalue weighted by molar-refractivity contribution is 5.82. The first-order chi connectivity index (χ1) is 12.5. The number of carbonyl (C=O) groups is 1. The number of nitrogens with one attached hydrogen (secondary N) is 1. The minimum Gasteiger partial charge on any atom is -0.469 e. The standard InChI is InChI=1S/C19H37N5O2/c1-5-20-19(24-14-16(2)17(15-24)18(25)26-4)21-8-6-10-23-11-7-9-22(3)12-13-23/h16-17H,5-15H2,1-4H3,(H,20,21). The van der Waals surface area contributed by atoms with Crippen molar-refractivity contribution in [2.24, 2.45) is 16.8 Å². The molecule has 0 aliphatic carbocycles. The number of rotatable bonds is 6. The zero-order valence-electron chi connectivity index (χ0n) is 17.0. The Morgan fingerprint density at radius 3 is 2.77 bits per heavy atom. The van der Waals surface area contributed by atoms with Gasteiger partial charge in [-0.1, -0.05) is 6.92 Å². The van der Waals surface area contributed by atoms with Gasteiger partial charge in [-0.15, -0.1) is 0 Å². The average Bonchev–Trinajstić information content (AvgIpc) is 2.89. The van der Waals surface area contributed by atoms with Gasteiger partial charge in [0.2, 0.25) is 0 Å². The van der Waals surface area contributed by atoms with Gasteiger partial charge >= 0.3 is 5.97 Å². The van der Waals surface area contributed by atoms with Gasteiger partial charge in [0.25, 0.3) is 0 Å². The van der Waals surface area contributed by atoms with Crippen molar-refractivity contribution in [3.05, 3.63) is 0 Å². The highest BCUT2D eigenvalue weighted by atomic mass is 16.5. The lowest BCUT2D eigenvalue weighted by Crippen LogP contribution is -2.40. The lowest BCUT2D eigenvalue weighted by Gasteiger charge is -2.22. The number of esters is 1. The normalized spacial score (nSPS) is 26.0. The number of nitrogens with zero attached hydrogens (tertiary/aromatic N) is 4. The van der Waals surface area contributed by atoms with E-state index in [2.05, 4.69) is 40.9 Å². The predicted molar refractivity (Wildman–Crippen MR) is 105 cm³/mol. The zero-order chi connectivity index (χ0) is 18.9. The summed E-state index contributed by atoms with van der Waals surface area (Å²) in [6, 6.07) is 0. The number of hydrogen-bond donors (Lipinski definition) is 1. The van der Waals surface area contributed by atoms with Crippen LogP contribution in [0.2, 0.25) is 0 Å². The summed E-state index contributed by atoms with van der Waals surface area (Å²) in [5.74, 6) is 1.06. The Morgan fingerprint density at radius 1 is 1.23 bits per heavy atom. The zero-order valence-corrected chi connectivity index (χ0v) is 17.0. The second-order valence-electron chi connectivity index (χ2n) is 7.60. The van der Waals surface area contributed by atoms with E-state index in [1.165, 1.54) is 26.6 Å². The number of likely N-dealkylation sites (tertiary alicyclic amines) is 1. The molecule has 2 fully saturated rings. The molecule has 0 radical (unpaired) electrons. The molecule has 2 aliphatic heterocycles. The van der Waals surface area contributed by atoms with Crippen molar-refractivity contribution in [3.63, 3.8) is 0 Å². The number of aliphatic imine (C=N–C) groups is 1. The molecule has 2 atom stereocenters. The van der Waals surface area contributed by atoms with Crippen LogP contribution in [0.4, 0.5) is 0 Å². The van der Waals surface area contributed by atoms with E-state index in [0.29, 0.717) is 12.5 Å². The van der Waals surface area contributed by atoms with Crippen molar-refractivity contribution < 1.29 is 9.53 Å². The molecule has 2 aliphatic rings. The van der Waals surface area contributed by atoms with Crippen LogP contribution in [-0.2, 0) is 9.53 Å².